The Hall–Kier alpha value is -1.65. The Morgan fingerprint density at radius 3 is 3.06 bits per heavy atom. The highest BCUT2D eigenvalue weighted by atomic mass is 19.1. The number of nitrogens with zero attached hydrogens (tertiary/aromatic N) is 1. The van der Waals surface area contributed by atoms with Crippen molar-refractivity contribution in [1.29, 1.82) is 0 Å². The van der Waals surface area contributed by atoms with Crippen LogP contribution >= 0.6 is 0 Å². The van der Waals surface area contributed by atoms with Gasteiger partial charge in [-0.1, -0.05) is 6.92 Å². The molecule has 1 aromatic rings. The van der Waals surface area contributed by atoms with Gasteiger partial charge >= 0.3 is 0 Å². The number of amides is 1. The van der Waals surface area contributed by atoms with Gasteiger partial charge in [-0.05, 0) is 24.3 Å². The lowest BCUT2D eigenvalue weighted by Crippen LogP contribution is -2.27. The van der Waals surface area contributed by atoms with E-state index in [-0.39, 0.29) is 11.4 Å². The molecule has 0 aliphatic heterocycles. The Balaban J connectivity index is 2.00. The Kier molecular flexibility index (Phi) is 2.77. The minimum Gasteiger partial charge on any atom is -0.381 e. The molecule has 0 saturated heterocycles. The Labute approximate surface area is 93.1 Å². The largest absolute Gasteiger partial charge is 0.381 e. The van der Waals surface area contributed by atoms with E-state index in [0.29, 0.717) is 18.4 Å². The first kappa shape index (κ1) is 10.9. The summed E-state index contributed by atoms with van der Waals surface area (Å²) in [5, 5.41) is 2.70. The van der Waals surface area contributed by atoms with E-state index in [1.807, 2.05) is 0 Å². The van der Waals surface area contributed by atoms with Crippen LogP contribution in [0.2, 0.25) is 0 Å². The highest BCUT2D eigenvalue weighted by Gasteiger charge is 2.32. The van der Waals surface area contributed by atoms with Gasteiger partial charge < -0.3 is 11.1 Å². The average molecular weight is 223 g/mol. The first-order valence-corrected chi connectivity index (χ1v) is 5.27. The third-order valence-electron chi connectivity index (χ3n) is 2.96. The molecule has 1 saturated carbocycles. The maximum Gasteiger partial charge on any atom is 0.254 e. The van der Waals surface area contributed by atoms with Crippen LogP contribution < -0.4 is 11.1 Å². The minimum absolute atomic E-state index is 0.0409. The highest BCUT2D eigenvalue weighted by molar-refractivity contribution is 5.95. The Morgan fingerprint density at radius 1 is 1.75 bits per heavy atom. The molecule has 2 rings (SSSR count). The summed E-state index contributed by atoms with van der Waals surface area (Å²) < 4.78 is 13.4. The van der Waals surface area contributed by atoms with Gasteiger partial charge in [0.2, 0.25) is 0 Å². The fourth-order valence-electron chi connectivity index (χ4n) is 1.64. The molecular weight excluding hydrogens is 209 g/mol. The van der Waals surface area contributed by atoms with Crippen LogP contribution in [0.5, 0.6) is 0 Å². The summed E-state index contributed by atoms with van der Waals surface area (Å²) in [6, 6.07) is 1.33. The quantitative estimate of drug-likeness (QED) is 0.808. The van der Waals surface area contributed by atoms with Gasteiger partial charge in [0.25, 0.3) is 5.91 Å². The zero-order chi connectivity index (χ0) is 11.7. The molecule has 0 radical (unpaired) electrons. The molecule has 2 unspecified atom stereocenters. The van der Waals surface area contributed by atoms with E-state index in [1.165, 1.54) is 12.3 Å². The molecule has 86 valence electrons. The molecule has 1 heterocycles. The van der Waals surface area contributed by atoms with Crippen LogP contribution in [0.3, 0.4) is 0 Å². The maximum atomic E-state index is 13.4. The molecule has 0 bridgehead atoms. The lowest BCUT2D eigenvalue weighted by Gasteiger charge is -2.06. The van der Waals surface area contributed by atoms with Crippen LogP contribution in [0.1, 0.15) is 23.7 Å². The number of hydrogen-bond donors (Lipinski definition) is 2. The number of aromatic nitrogens is 1. The van der Waals surface area contributed by atoms with Crippen molar-refractivity contribution in [2.75, 3.05) is 12.3 Å². The zero-order valence-electron chi connectivity index (χ0n) is 9.03. The van der Waals surface area contributed by atoms with Crippen molar-refractivity contribution in [3.05, 3.63) is 23.6 Å². The van der Waals surface area contributed by atoms with Crippen LogP contribution in [0.4, 0.5) is 10.2 Å². The predicted molar refractivity (Wildman–Crippen MR) is 58.2 cm³/mol. The maximum absolute atomic E-state index is 13.4. The van der Waals surface area contributed by atoms with Gasteiger partial charge in [0, 0.05) is 12.7 Å². The molecule has 1 aromatic heterocycles. The van der Waals surface area contributed by atoms with Gasteiger partial charge in [0.1, 0.15) is 0 Å². The number of pyridine rings is 1. The van der Waals surface area contributed by atoms with Crippen molar-refractivity contribution in [2.45, 2.75) is 13.3 Å². The summed E-state index contributed by atoms with van der Waals surface area (Å²) >= 11 is 0. The van der Waals surface area contributed by atoms with E-state index in [2.05, 4.69) is 17.2 Å². The van der Waals surface area contributed by atoms with E-state index < -0.39 is 11.7 Å². The zero-order valence-corrected chi connectivity index (χ0v) is 9.03. The van der Waals surface area contributed by atoms with E-state index >= 15 is 0 Å². The van der Waals surface area contributed by atoms with Crippen molar-refractivity contribution in [1.82, 2.24) is 10.3 Å². The number of anilines is 1. The number of rotatable bonds is 3. The second-order valence-corrected chi connectivity index (χ2v) is 4.24. The number of nitrogens with two attached hydrogens (primary N) is 1. The van der Waals surface area contributed by atoms with E-state index in [9.17, 15) is 9.18 Å². The molecular formula is C11H14FN3O. The topological polar surface area (TPSA) is 68.0 Å². The van der Waals surface area contributed by atoms with Gasteiger partial charge in [-0.15, -0.1) is 0 Å². The molecule has 1 aliphatic carbocycles. The number of nitrogen functional groups attached to an aromatic ring is 1. The summed E-state index contributed by atoms with van der Waals surface area (Å²) in [4.78, 5) is 15.2. The number of nitrogens with one attached hydrogen (secondary N) is 1. The third-order valence-corrected chi connectivity index (χ3v) is 2.96. The van der Waals surface area contributed by atoms with Crippen molar-refractivity contribution in [2.24, 2.45) is 11.8 Å². The van der Waals surface area contributed by atoms with Gasteiger partial charge in [-0.25, -0.2) is 9.37 Å². The smallest absolute Gasteiger partial charge is 0.254 e. The lowest BCUT2D eigenvalue weighted by atomic mass is 10.2. The van der Waals surface area contributed by atoms with Crippen LogP contribution in [-0.2, 0) is 0 Å². The van der Waals surface area contributed by atoms with Gasteiger partial charge in [-0.3, -0.25) is 4.79 Å². The summed E-state index contributed by atoms with van der Waals surface area (Å²) in [5.41, 5.74) is 5.24. The molecule has 1 fully saturated rings. The van der Waals surface area contributed by atoms with Crippen LogP contribution in [0.25, 0.3) is 0 Å². The fraction of sp³-hybridized carbons (Fsp3) is 0.455. The summed E-state index contributed by atoms with van der Waals surface area (Å²) in [6.07, 6.45) is 2.45. The summed E-state index contributed by atoms with van der Waals surface area (Å²) in [6.45, 7) is 2.73. The third kappa shape index (κ3) is 2.13. The number of carbonyl (C=O) groups excluding carboxylic acids is 1. The van der Waals surface area contributed by atoms with Gasteiger partial charge in [-0.2, -0.15) is 0 Å². The summed E-state index contributed by atoms with van der Waals surface area (Å²) in [5.74, 6) is -0.221. The van der Waals surface area contributed by atoms with Crippen molar-refractivity contribution in [3.8, 4) is 0 Å². The van der Waals surface area contributed by atoms with E-state index in [1.54, 1.807) is 0 Å². The average Bonchev–Trinajstić information content (AvgIpc) is 2.95. The SMILES string of the molecule is CC1CC1CNC(=O)c1ccnc(N)c1F. The second kappa shape index (κ2) is 4.08. The molecule has 1 aliphatic rings. The molecule has 4 nitrogen and oxygen atoms in total. The molecule has 3 N–H and O–H groups in total. The Bertz CT molecular complexity index is 422. The molecule has 5 heteroatoms. The van der Waals surface area contributed by atoms with Crippen LogP contribution in [0, 0.1) is 17.7 Å². The molecule has 2 atom stereocenters. The molecule has 1 amide bonds. The van der Waals surface area contributed by atoms with Crippen molar-refractivity contribution >= 4 is 11.7 Å². The van der Waals surface area contributed by atoms with Crippen LogP contribution in [0.15, 0.2) is 12.3 Å². The number of halogens is 1. The second-order valence-electron chi connectivity index (χ2n) is 4.24. The predicted octanol–water partition coefficient (Wildman–Crippen LogP) is 1.19. The summed E-state index contributed by atoms with van der Waals surface area (Å²) in [7, 11) is 0. The first-order valence-electron chi connectivity index (χ1n) is 5.27. The monoisotopic (exact) mass is 223 g/mol. The van der Waals surface area contributed by atoms with Gasteiger partial charge in [0.05, 0.1) is 5.56 Å². The first-order chi connectivity index (χ1) is 7.59. The van der Waals surface area contributed by atoms with Crippen molar-refractivity contribution in [3.63, 3.8) is 0 Å². The highest BCUT2D eigenvalue weighted by Crippen LogP contribution is 2.36. The fourth-order valence-corrected chi connectivity index (χ4v) is 1.64. The number of hydrogen-bond acceptors (Lipinski definition) is 3. The molecule has 0 aromatic carbocycles. The standard InChI is InChI=1S/C11H14FN3O/c1-6-4-7(6)5-15-11(16)8-2-3-14-10(13)9(8)12/h2-3,6-7H,4-5H2,1H3,(H2,13,14)(H,15,16). The minimum atomic E-state index is -0.746. The Morgan fingerprint density at radius 2 is 2.44 bits per heavy atom. The van der Waals surface area contributed by atoms with E-state index in [4.69, 9.17) is 5.73 Å². The van der Waals surface area contributed by atoms with Crippen LogP contribution in [-0.4, -0.2) is 17.4 Å². The number of carbonyl (C=O) groups is 1. The van der Waals surface area contributed by atoms with Crippen molar-refractivity contribution < 1.29 is 9.18 Å². The molecule has 16 heavy (non-hydrogen) atoms. The molecule has 0 spiro atoms. The normalized spacial score (nSPS) is 22.9. The van der Waals surface area contributed by atoms with E-state index in [0.717, 1.165) is 6.42 Å². The lowest BCUT2D eigenvalue weighted by molar-refractivity contribution is 0.0947. The van der Waals surface area contributed by atoms with Gasteiger partial charge in [0.15, 0.2) is 11.6 Å².